The number of hydrogen-bond acceptors (Lipinski definition) is 5. The molecule has 2 aliphatic heterocycles. The third-order valence-electron chi connectivity index (χ3n) is 4.35. The average Bonchev–Trinajstić information content (AvgIpc) is 2.67. The molecule has 3 unspecified atom stereocenters. The summed E-state index contributed by atoms with van der Waals surface area (Å²) in [6.07, 6.45) is 0.105. The quantitative estimate of drug-likeness (QED) is 0.272. The van der Waals surface area contributed by atoms with E-state index in [1.807, 2.05) is 30.3 Å². The second-order valence-electron chi connectivity index (χ2n) is 5.95. The van der Waals surface area contributed by atoms with Gasteiger partial charge < -0.3 is 14.6 Å². The van der Waals surface area contributed by atoms with Crippen LogP contribution in [0.1, 0.15) is 5.56 Å². The second-order valence-corrected chi connectivity index (χ2v) is 9.64. The van der Waals surface area contributed by atoms with Crippen LogP contribution in [-0.2, 0) is 36.7 Å². The highest BCUT2D eigenvalue weighted by atomic mass is 79.9. The number of halogens is 2. The highest BCUT2D eigenvalue weighted by Gasteiger charge is 2.63. The molecule has 1 N–H and O–H groups in total. The van der Waals surface area contributed by atoms with Crippen LogP contribution in [0.4, 0.5) is 0 Å². The van der Waals surface area contributed by atoms with E-state index >= 15 is 0 Å². The average molecular weight is 520 g/mol. The summed E-state index contributed by atoms with van der Waals surface area (Å²) in [5, 5.41) is 2.07. The topological polar surface area (TPSA) is 98.8 Å². The van der Waals surface area contributed by atoms with Gasteiger partial charge in [-0.15, -0.1) is 0 Å². The van der Waals surface area contributed by atoms with Crippen LogP contribution >= 0.6 is 31.9 Å². The lowest BCUT2D eigenvalue weighted by molar-refractivity contribution is -0.152. The fourth-order valence-corrected chi connectivity index (χ4v) is 6.92. The Morgan fingerprint density at radius 3 is 2.59 bits per heavy atom. The van der Waals surface area contributed by atoms with Gasteiger partial charge in [0.05, 0.1) is 13.5 Å². The maximum Gasteiger partial charge on any atom is 0.355 e. The number of nitrogens with zero attached hydrogens (tertiary/aromatic N) is 1. The Labute approximate surface area is 175 Å². The molecule has 2 amide bonds. The van der Waals surface area contributed by atoms with Gasteiger partial charge in [0.1, 0.15) is 5.70 Å². The lowest BCUT2D eigenvalue weighted by Gasteiger charge is -2.50. The third-order valence-corrected chi connectivity index (χ3v) is 8.26. The summed E-state index contributed by atoms with van der Waals surface area (Å²) in [5.74, 6) is -1.51. The van der Waals surface area contributed by atoms with Gasteiger partial charge in [0.25, 0.3) is 5.91 Å². The summed E-state index contributed by atoms with van der Waals surface area (Å²) in [4.78, 5) is 38.3. The van der Waals surface area contributed by atoms with Crippen LogP contribution < -0.4 is 5.32 Å². The number of methoxy groups -OCH3 is 1. The Balaban J connectivity index is 1.80. The van der Waals surface area contributed by atoms with Gasteiger partial charge in [0.2, 0.25) is 11.3 Å². The van der Waals surface area contributed by atoms with E-state index in [0.29, 0.717) is 5.57 Å². The van der Waals surface area contributed by atoms with Gasteiger partial charge in [-0.2, -0.15) is 0 Å². The molecule has 0 aliphatic carbocycles. The Kier molecular flexibility index (Phi) is 6.29. The number of nitrogens with one attached hydrogen (secondary N) is 1. The van der Waals surface area contributed by atoms with E-state index in [1.165, 1.54) is 12.0 Å². The molecule has 0 radical (unpaired) electrons. The van der Waals surface area contributed by atoms with Crippen LogP contribution in [0.25, 0.3) is 0 Å². The number of rotatable bonds is 5. The van der Waals surface area contributed by atoms with E-state index in [4.69, 9.17) is 4.74 Å². The smallest absolute Gasteiger partial charge is 0.355 e. The summed E-state index contributed by atoms with van der Waals surface area (Å²) < 4.78 is 17.0. The zero-order chi connectivity index (χ0) is 19.7. The molecule has 27 heavy (non-hydrogen) atoms. The van der Waals surface area contributed by atoms with Crippen molar-refractivity contribution in [2.45, 2.75) is 22.0 Å². The monoisotopic (exact) mass is 518 g/mol. The lowest BCUT2D eigenvalue weighted by atomic mass is 10.0. The summed E-state index contributed by atoms with van der Waals surface area (Å²) in [7, 11) is 1.22. The number of carbonyl (C=O) groups excluding carboxylic acids is 3. The van der Waals surface area contributed by atoms with E-state index < -0.39 is 38.6 Å². The molecule has 1 aromatic rings. The highest BCUT2D eigenvalue weighted by Crippen LogP contribution is 2.42. The molecule has 144 valence electrons. The number of alkyl halides is 2. The molecule has 4 atom stereocenters. The second kappa shape index (κ2) is 8.34. The van der Waals surface area contributed by atoms with Crippen molar-refractivity contribution >= 4 is 60.8 Å². The molecule has 10 heteroatoms. The molecule has 2 aliphatic rings. The van der Waals surface area contributed by atoms with Crippen molar-refractivity contribution in [3.63, 3.8) is 0 Å². The number of fused-ring (bicyclic) bond motifs is 1. The van der Waals surface area contributed by atoms with Crippen LogP contribution in [0, 0.1) is 0 Å². The first-order valence-corrected chi connectivity index (χ1v) is 11.3. The predicted octanol–water partition coefficient (Wildman–Crippen LogP) is 1.19. The Hall–Kier alpha value is -1.36. The van der Waals surface area contributed by atoms with Gasteiger partial charge in [0, 0.05) is 10.9 Å². The maximum absolute atomic E-state index is 12.8. The number of ether oxygens (including phenoxy) is 1. The summed E-state index contributed by atoms with van der Waals surface area (Å²) in [6, 6.07) is 8.15. The largest absolute Gasteiger partial charge is 0.614 e. The molecular weight excluding hydrogens is 504 g/mol. The van der Waals surface area contributed by atoms with Gasteiger partial charge in [0.15, 0.2) is 10.2 Å². The van der Waals surface area contributed by atoms with Gasteiger partial charge in [-0.25, -0.2) is 4.79 Å². The van der Waals surface area contributed by atoms with Crippen molar-refractivity contribution in [2.75, 3.05) is 12.4 Å². The minimum Gasteiger partial charge on any atom is -0.614 e. The first-order valence-electron chi connectivity index (χ1n) is 7.97. The minimum atomic E-state index is -1.54. The molecule has 0 saturated carbocycles. The van der Waals surface area contributed by atoms with Crippen LogP contribution in [0.5, 0.6) is 0 Å². The SMILES string of the molecule is COC(=O)C1=C(CBr)C(Br)[S+]([O-])[C@@H]2C(NC(=O)Cc3ccccc3)C(=O)N12. The molecule has 3 rings (SSSR count). The van der Waals surface area contributed by atoms with Crippen molar-refractivity contribution in [3.05, 3.63) is 47.2 Å². The van der Waals surface area contributed by atoms with Crippen LogP contribution in [0.2, 0.25) is 0 Å². The summed E-state index contributed by atoms with van der Waals surface area (Å²) >= 11 is 5.06. The van der Waals surface area contributed by atoms with E-state index in [-0.39, 0.29) is 23.4 Å². The zero-order valence-corrected chi connectivity index (χ0v) is 18.2. The molecule has 0 bridgehead atoms. The predicted molar refractivity (Wildman–Crippen MR) is 106 cm³/mol. The molecule has 2 heterocycles. The third kappa shape index (κ3) is 3.67. The number of benzene rings is 1. The molecule has 0 aromatic heterocycles. The summed E-state index contributed by atoms with van der Waals surface area (Å²) in [5.41, 5.74) is 1.34. The number of esters is 1. The van der Waals surface area contributed by atoms with Gasteiger partial charge in [-0.05, 0) is 32.7 Å². The van der Waals surface area contributed by atoms with Crippen molar-refractivity contribution in [3.8, 4) is 0 Å². The Morgan fingerprint density at radius 2 is 2.00 bits per heavy atom. The van der Waals surface area contributed by atoms with Gasteiger partial charge in [-0.3, -0.25) is 14.5 Å². The van der Waals surface area contributed by atoms with Crippen molar-refractivity contribution in [1.82, 2.24) is 10.2 Å². The highest BCUT2D eigenvalue weighted by molar-refractivity contribution is 9.11. The van der Waals surface area contributed by atoms with Crippen LogP contribution in [-0.4, -0.2) is 55.3 Å². The van der Waals surface area contributed by atoms with Crippen molar-refractivity contribution in [2.24, 2.45) is 0 Å². The molecule has 1 aromatic carbocycles. The van der Waals surface area contributed by atoms with Crippen molar-refractivity contribution < 1.29 is 23.7 Å². The molecule has 7 nitrogen and oxygen atoms in total. The standard InChI is InChI=1S/C17H16Br2N2O5S/c1-26-17(24)13-10(8-18)14(19)27(25)16-12(15(23)21(13)16)20-11(22)7-9-5-3-2-4-6-9/h2-6,12,14,16H,7-8H2,1H3,(H,20,22)/t12?,14?,16-,27?/m1/s1. The summed E-state index contributed by atoms with van der Waals surface area (Å²) in [6.45, 7) is 0. The van der Waals surface area contributed by atoms with Crippen LogP contribution in [0.3, 0.4) is 0 Å². The van der Waals surface area contributed by atoms with Gasteiger partial charge in [-0.1, -0.05) is 46.3 Å². The molecule has 1 saturated heterocycles. The molecule has 1 fully saturated rings. The molecular formula is C17H16Br2N2O5S. The Bertz CT molecular complexity index is 804. The van der Waals surface area contributed by atoms with Crippen molar-refractivity contribution in [1.29, 1.82) is 0 Å². The maximum atomic E-state index is 12.8. The fraction of sp³-hybridized carbons (Fsp3) is 0.353. The number of carbonyl (C=O) groups is 3. The number of hydrogen-bond donors (Lipinski definition) is 1. The van der Waals surface area contributed by atoms with Gasteiger partial charge >= 0.3 is 5.97 Å². The normalized spacial score (nSPS) is 27.0. The number of β-lactam (4-membered cyclic amide) rings is 1. The fourth-order valence-electron chi connectivity index (χ4n) is 3.05. The zero-order valence-electron chi connectivity index (χ0n) is 14.2. The minimum absolute atomic E-state index is 0.0689. The lowest BCUT2D eigenvalue weighted by Crippen LogP contribution is -2.75. The van der Waals surface area contributed by atoms with E-state index in [9.17, 15) is 18.9 Å². The van der Waals surface area contributed by atoms with E-state index in [0.717, 1.165) is 5.56 Å². The first-order chi connectivity index (χ1) is 12.9. The first kappa shape index (κ1) is 20.4. The van der Waals surface area contributed by atoms with E-state index in [1.54, 1.807) is 0 Å². The Morgan fingerprint density at radius 1 is 1.33 bits per heavy atom. The number of amides is 2. The van der Waals surface area contributed by atoms with Crippen LogP contribution in [0.15, 0.2) is 41.6 Å². The molecule has 0 spiro atoms. The van der Waals surface area contributed by atoms with E-state index in [2.05, 4.69) is 37.2 Å².